The molecule has 1 unspecified atom stereocenters. The molecular weight excluding hydrogens is 272 g/mol. The maximum Gasteiger partial charge on any atom is 0.129 e. The van der Waals surface area contributed by atoms with Gasteiger partial charge >= 0.3 is 0 Å². The fraction of sp³-hybridized carbons (Fsp3) is 0.143. The van der Waals surface area contributed by atoms with Crippen LogP contribution in [0.3, 0.4) is 0 Å². The zero-order chi connectivity index (χ0) is 13.1. The lowest BCUT2D eigenvalue weighted by Crippen LogP contribution is -2.15. The first-order valence-electron chi connectivity index (χ1n) is 5.52. The van der Waals surface area contributed by atoms with E-state index in [4.69, 9.17) is 28.9 Å². The van der Waals surface area contributed by atoms with Crippen molar-refractivity contribution in [3.05, 3.63) is 69.5 Å². The lowest BCUT2D eigenvalue weighted by molar-refractivity contribution is 0.580. The average molecular weight is 284 g/mol. The highest BCUT2D eigenvalue weighted by molar-refractivity contribution is 6.31. The summed E-state index contributed by atoms with van der Waals surface area (Å²) in [5, 5.41) is 0.990. The van der Waals surface area contributed by atoms with Gasteiger partial charge in [-0.2, -0.15) is 0 Å². The molecule has 0 spiro atoms. The molecule has 0 saturated heterocycles. The molecule has 4 heteroatoms. The Kier molecular flexibility index (Phi) is 4.23. The predicted molar refractivity (Wildman–Crippen MR) is 73.5 cm³/mol. The van der Waals surface area contributed by atoms with E-state index in [0.717, 1.165) is 5.56 Å². The minimum absolute atomic E-state index is 0.346. The van der Waals surface area contributed by atoms with Gasteiger partial charge in [0.15, 0.2) is 0 Å². The van der Waals surface area contributed by atoms with Crippen LogP contribution in [0.5, 0.6) is 0 Å². The van der Waals surface area contributed by atoms with Gasteiger partial charge in [0.2, 0.25) is 0 Å². The molecule has 0 bridgehead atoms. The summed E-state index contributed by atoms with van der Waals surface area (Å²) in [7, 11) is 0. The van der Waals surface area contributed by atoms with Crippen molar-refractivity contribution in [2.45, 2.75) is 12.5 Å². The Hall–Kier alpha value is -1.09. The fourth-order valence-electron chi connectivity index (χ4n) is 1.88. The molecule has 0 heterocycles. The van der Waals surface area contributed by atoms with Crippen molar-refractivity contribution in [2.75, 3.05) is 0 Å². The molecule has 0 aliphatic rings. The number of nitrogens with two attached hydrogens (primary N) is 1. The molecule has 1 atom stereocenters. The first-order valence-corrected chi connectivity index (χ1v) is 6.27. The maximum atomic E-state index is 13.7. The Morgan fingerprint density at radius 1 is 1.11 bits per heavy atom. The van der Waals surface area contributed by atoms with E-state index < -0.39 is 6.04 Å². The van der Waals surface area contributed by atoms with Crippen LogP contribution < -0.4 is 5.73 Å². The third kappa shape index (κ3) is 3.02. The van der Waals surface area contributed by atoms with Crippen LogP contribution in [0.2, 0.25) is 10.0 Å². The molecule has 94 valence electrons. The summed E-state index contributed by atoms with van der Waals surface area (Å²) in [5.74, 6) is -0.378. The second-order valence-electron chi connectivity index (χ2n) is 4.08. The Morgan fingerprint density at radius 3 is 2.50 bits per heavy atom. The molecule has 0 aliphatic carbocycles. The molecule has 0 aromatic heterocycles. The summed E-state index contributed by atoms with van der Waals surface area (Å²) in [6.45, 7) is 0. The molecule has 2 rings (SSSR count). The molecule has 2 aromatic rings. The molecule has 0 radical (unpaired) electrons. The summed E-state index contributed by atoms with van der Waals surface area (Å²) in [6, 6.07) is 11.4. The zero-order valence-corrected chi connectivity index (χ0v) is 11.0. The van der Waals surface area contributed by atoms with E-state index in [0.29, 0.717) is 22.0 Å². The van der Waals surface area contributed by atoms with Gasteiger partial charge in [0.05, 0.1) is 0 Å². The van der Waals surface area contributed by atoms with Gasteiger partial charge in [0, 0.05) is 21.7 Å². The minimum atomic E-state index is -0.489. The third-order valence-electron chi connectivity index (χ3n) is 2.72. The van der Waals surface area contributed by atoms with Crippen LogP contribution in [0.25, 0.3) is 0 Å². The monoisotopic (exact) mass is 283 g/mol. The first kappa shape index (κ1) is 13.3. The largest absolute Gasteiger partial charge is 0.324 e. The number of hydrogen-bond acceptors (Lipinski definition) is 1. The van der Waals surface area contributed by atoms with Crippen molar-refractivity contribution in [1.29, 1.82) is 0 Å². The Balaban J connectivity index is 2.25. The smallest absolute Gasteiger partial charge is 0.129 e. The Labute approximate surface area is 115 Å². The van der Waals surface area contributed by atoms with Gasteiger partial charge in [0.1, 0.15) is 5.82 Å². The minimum Gasteiger partial charge on any atom is -0.324 e. The van der Waals surface area contributed by atoms with Crippen molar-refractivity contribution >= 4 is 23.2 Å². The van der Waals surface area contributed by atoms with Gasteiger partial charge in [0.25, 0.3) is 0 Å². The first-order chi connectivity index (χ1) is 8.58. The molecular formula is C14H12Cl2FN. The number of rotatable bonds is 3. The van der Waals surface area contributed by atoms with Gasteiger partial charge in [-0.05, 0) is 36.2 Å². The molecule has 2 aromatic carbocycles. The Bertz CT molecular complexity index is 537. The normalized spacial score (nSPS) is 12.4. The van der Waals surface area contributed by atoms with E-state index in [1.807, 2.05) is 18.2 Å². The van der Waals surface area contributed by atoms with E-state index in [1.165, 1.54) is 6.07 Å². The van der Waals surface area contributed by atoms with Crippen LogP contribution in [-0.4, -0.2) is 0 Å². The van der Waals surface area contributed by atoms with Crippen LogP contribution >= 0.6 is 23.2 Å². The summed E-state index contributed by atoms with van der Waals surface area (Å²) in [6.07, 6.45) is 0.487. The van der Waals surface area contributed by atoms with Crippen molar-refractivity contribution in [2.24, 2.45) is 5.73 Å². The lowest BCUT2D eigenvalue weighted by Gasteiger charge is -2.14. The lowest BCUT2D eigenvalue weighted by atomic mass is 9.99. The highest BCUT2D eigenvalue weighted by atomic mass is 35.5. The standard InChI is InChI=1S/C14H12Cl2FN/c15-10-4-1-3-9(7-10)8-13(18)14-11(16)5-2-6-12(14)17/h1-7,13H,8,18H2. The summed E-state index contributed by atoms with van der Waals surface area (Å²) < 4.78 is 13.7. The third-order valence-corrected chi connectivity index (χ3v) is 3.28. The number of benzene rings is 2. The quantitative estimate of drug-likeness (QED) is 0.889. The topological polar surface area (TPSA) is 26.0 Å². The number of halogens is 3. The molecule has 0 aliphatic heterocycles. The average Bonchev–Trinajstić information content (AvgIpc) is 2.28. The van der Waals surface area contributed by atoms with Crippen molar-refractivity contribution in [3.63, 3.8) is 0 Å². The highest BCUT2D eigenvalue weighted by Gasteiger charge is 2.15. The molecule has 0 fully saturated rings. The van der Waals surface area contributed by atoms with E-state index in [9.17, 15) is 4.39 Å². The van der Waals surface area contributed by atoms with Crippen LogP contribution in [0.4, 0.5) is 4.39 Å². The van der Waals surface area contributed by atoms with E-state index >= 15 is 0 Å². The zero-order valence-electron chi connectivity index (χ0n) is 9.54. The van der Waals surface area contributed by atoms with Crippen LogP contribution in [0.15, 0.2) is 42.5 Å². The molecule has 0 saturated carbocycles. The molecule has 1 nitrogen and oxygen atoms in total. The predicted octanol–water partition coefficient (Wildman–Crippen LogP) is 4.38. The van der Waals surface area contributed by atoms with Crippen LogP contribution in [0.1, 0.15) is 17.2 Å². The molecule has 0 amide bonds. The Morgan fingerprint density at radius 2 is 1.83 bits per heavy atom. The van der Waals surface area contributed by atoms with Crippen LogP contribution in [-0.2, 0) is 6.42 Å². The van der Waals surface area contributed by atoms with Gasteiger partial charge in [-0.15, -0.1) is 0 Å². The summed E-state index contributed by atoms with van der Waals surface area (Å²) in [5.41, 5.74) is 7.31. The number of hydrogen-bond donors (Lipinski definition) is 1. The van der Waals surface area contributed by atoms with Gasteiger partial charge in [-0.25, -0.2) is 4.39 Å². The van der Waals surface area contributed by atoms with E-state index in [2.05, 4.69) is 0 Å². The second kappa shape index (κ2) is 5.70. The van der Waals surface area contributed by atoms with E-state index in [-0.39, 0.29) is 5.82 Å². The second-order valence-corrected chi connectivity index (χ2v) is 4.92. The van der Waals surface area contributed by atoms with Crippen molar-refractivity contribution < 1.29 is 4.39 Å². The fourth-order valence-corrected chi connectivity index (χ4v) is 2.40. The van der Waals surface area contributed by atoms with Gasteiger partial charge in [-0.3, -0.25) is 0 Å². The highest BCUT2D eigenvalue weighted by Crippen LogP contribution is 2.27. The van der Waals surface area contributed by atoms with Crippen LogP contribution in [0, 0.1) is 5.82 Å². The van der Waals surface area contributed by atoms with Crippen molar-refractivity contribution in [3.8, 4) is 0 Å². The van der Waals surface area contributed by atoms with Crippen molar-refractivity contribution in [1.82, 2.24) is 0 Å². The molecule has 2 N–H and O–H groups in total. The van der Waals surface area contributed by atoms with Gasteiger partial charge in [-0.1, -0.05) is 41.4 Å². The van der Waals surface area contributed by atoms with E-state index in [1.54, 1.807) is 18.2 Å². The summed E-state index contributed by atoms with van der Waals surface area (Å²) in [4.78, 5) is 0. The summed E-state index contributed by atoms with van der Waals surface area (Å²) >= 11 is 11.9. The maximum absolute atomic E-state index is 13.7. The molecule has 18 heavy (non-hydrogen) atoms. The van der Waals surface area contributed by atoms with Gasteiger partial charge < -0.3 is 5.73 Å². The SMILES string of the molecule is NC(Cc1cccc(Cl)c1)c1c(F)cccc1Cl.